The summed E-state index contributed by atoms with van der Waals surface area (Å²) in [5.74, 6) is 0. The molecule has 51 heavy (non-hydrogen) atoms. The van der Waals surface area contributed by atoms with Gasteiger partial charge >= 0.3 is 0 Å². The molecule has 0 fully saturated rings. The Morgan fingerprint density at radius 2 is 1.04 bits per heavy atom. The zero-order valence-electron chi connectivity index (χ0n) is 27.5. The van der Waals surface area contributed by atoms with E-state index in [1.54, 1.807) is 11.3 Å². The first-order valence-electron chi connectivity index (χ1n) is 17.1. The topological polar surface area (TPSA) is 16.1 Å². The van der Waals surface area contributed by atoms with Gasteiger partial charge in [0.2, 0.25) is 0 Å². The minimum absolute atomic E-state index is 1.06. The second kappa shape index (κ2) is 12.4. The number of hydrogen-bond donors (Lipinski definition) is 0. The van der Waals surface area contributed by atoms with Gasteiger partial charge in [-0.05, 0) is 81.6 Å². The molecule has 10 aromatic rings. The third-order valence-corrected chi connectivity index (χ3v) is 12.0. The smallest absolute Gasteiger partial charge is 0.124 e. The SMILES string of the molecule is c1ccc(-c2ccc(N(c3ccc(-c4cccc5ccccc45)cc3)c3ccc4c(c3)sc3ccc5nc(-c6ccccc6)sc5c34)cc2)cc1. The van der Waals surface area contributed by atoms with Crippen LogP contribution in [0.4, 0.5) is 17.1 Å². The lowest BCUT2D eigenvalue weighted by atomic mass is 9.98. The van der Waals surface area contributed by atoms with Crippen molar-refractivity contribution in [3.63, 3.8) is 0 Å². The first kappa shape index (κ1) is 29.8. The lowest BCUT2D eigenvalue weighted by Crippen LogP contribution is -2.09. The van der Waals surface area contributed by atoms with Gasteiger partial charge in [-0.1, -0.05) is 133 Å². The molecule has 0 N–H and O–H groups in total. The number of thiazole rings is 1. The van der Waals surface area contributed by atoms with Crippen molar-refractivity contribution in [2.45, 2.75) is 0 Å². The molecule has 0 saturated carbocycles. The van der Waals surface area contributed by atoms with Crippen molar-refractivity contribution in [3.05, 3.63) is 182 Å². The maximum absolute atomic E-state index is 5.03. The van der Waals surface area contributed by atoms with Gasteiger partial charge in [0, 0.05) is 42.8 Å². The molecule has 4 heteroatoms. The maximum Gasteiger partial charge on any atom is 0.124 e. The predicted molar refractivity (Wildman–Crippen MR) is 221 cm³/mol. The molecule has 0 atom stereocenters. The number of benzene rings is 8. The molecule has 0 radical (unpaired) electrons. The van der Waals surface area contributed by atoms with Gasteiger partial charge < -0.3 is 4.90 Å². The quantitative estimate of drug-likeness (QED) is 0.173. The molecule has 0 aliphatic rings. The Labute approximate surface area is 304 Å². The Morgan fingerprint density at radius 1 is 0.412 bits per heavy atom. The van der Waals surface area contributed by atoms with E-state index in [0.717, 1.165) is 33.1 Å². The monoisotopic (exact) mass is 686 g/mol. The first-order valence-corrected chi connectivity index (χ1v) is 18.8. The summed E-state index contributed by atoms with van der Waals surface area (Å²) in [6.45, 7) is 0. The summed E-state index contributed by atoms with van der Waals surface area (Å²) in [7, 11) is 0. The molecule has 0 spiro atoms. The highest BCUT2D eigenvalue weighted by Gasteiger charge is 2.18. The van der Waals surface area contributed by atoms with Crippen molar-refractivity contribution in [3.8, 4) is 32.8 Å². The van der Waals surface area contributed by atoms with Crippen molar-refractivity contribution >= 4 is 80.9 Å². The van der Waals surface area contributed by atoms with E-state index in [1.807, 2.05) is 11.3 Å². The third kappa shape index (κ3) is 5.28. The summed E-state index contributed by atoms with van der Waals surface area (Å²) in [4.78, 5) is 7.41. The van der Waals surface area contributed by atoms with Gasteiger partial charge in [-0.15, -0.1) is 22.7 Å². The molecule has 2 aromatic heterocycles. The number of aromatic nitrogens is 1. The molecular weight excluding hydrogens is 657 g/mol. The Kier molecular flexibility index (Phi) is 7.23. The van der Waals surface area contributed by atoms with Crippen molar-refractivity contribution in [2.75, 3.05) is 4.90 Å². The van der Waals surface area contributed by atoms with Crippen LogP contribution in [-0.2, 0) is 0 Å². The van der Waals surface area contributed by atoms with Gasteiger partial charge in [0.25, 0.3) is 0 Å². The molecule has 2 nitrogen and oxygen atoms in total. The van der Waals surface area contributed by atoms with E-state index in [0.29, 0.717) is 0 Å². The summed E-state index contributed by atoms with van der Waals surface area (Å²) < 4.78 is 3.81. The standard InChI is InChI=1S/C47H30N2S2/c1-3-10-31(11-4-1)32-18-22-36(23-19-32)49(37-24-20-34(21-25-37)40-17-9-15-33-12-7-8-16-39(33)40)38-26-27-41-44(30-38)50-43-29-28-42-46(45(41)43)51-47(48-42)35-13-5-2-6-14-35/h1-30H. The highest BCUT2D eigenvalue weighted by atomic mass is 32.1. The lowest BCUT2D eigenvalue weighted by molar-refractivity contribution is 1.29. The van der Waals surface area contributed by atoms with Crippen molar-refractivity contribution in [1.82, 2.24) is 4.98 Å². The highest BCUT2D eigenvalue weighted by Crippen LogP contribution is 2.45. The summed E-state index contributed by atoms with van der Waals surface area (Å²) >= 11 is 3.64. The van der Waals surface area contributed by atoms with Crippen molar-refractivity contribution < 1.29 is 0 Å². The van der Waals surface area contributed by atoms with E-state index >= 15 is 0 Å². The zero-order valence-corrected chi connectivity index (χ0v) is 29.2. The van der Waals surface area contributed by atoms with Gasteiger partial charge in [0.05, 0.1) is 10.2 Å². The van der Waals surface area contributed by atoms with Crippen LogP contribution in [-0.4, -0.2) is 4.98 Å². The minimum atomic E-state index is 1.06. The van der Waals surface area contributed by atoms with Crippen LogP contribution in [0, 0.1) is 0 Å². The van der Waals surface area contributed by atoms with E-state index in [2.05, 4.69) is 187 Å². The lowest BCUT2D eigenvalue weighted by Gasteiger charge is -2.26. The van der Waals surface area contributed by atoms with Crippen LogP contribution < -0.4 is 4.90 Å². The van der Waals surface area contributed by atoms with Gasteiger partial charge in [-0.25, -0.2) is 4.98 Å². The predicted octanol–water partition coefficient (Wildman–Crippen LogP) is 14.3. The average molecular weight is 687 g/mol. The van der Waals surface area contributed by atoms with Gasteiger partial charge in [-0.2, -0.15) is 0 Å². The molecular formula is C47H30N2S2. The molecule has 0 aliphatic heterocycles. The van der Waals surface area contributed by atoms with Crippen LogP contribution in [0.2, 0.25) is 0 Å². The number of rotatable bonds is 6. The largest absolute Gasteiger partial charge is 0.310 e. The molecule has 8 aromatic carbocycles. The normalized spacial score (nSPS) is 11.5. The number of thiophene rings is 1. The number of anilines is 3. The van der Waals surface area contributed by atoms with E-state index in [-0.39, 0.29) is 0 Å². The summed E-state index contributed by atoms with van der Waals surface area (Å²) in [6.07, 6.45) is 0. The number of fused-ring (bicyclic) bond motifs is 6. The Balaban J connectivity index is 1.10. The summed E-state index contributed by atoms with van der Waals surface area (Å²) in [5, 5.41) is 6.16. The molecule has 10 rings (SSSR count). The molecule has 240 valence electrons. The van der Waals surface area contributed by atoms with E-state index in [9.17, 15) is 0 Å². The zero-order chi connectivity index (χ0) is 33.7. The third-order valence-electron chi connectivity index (χ3n) is 9.71. The number of hydrogen-bond acceptors (Lipinski definition) is 4. The van der Waals surface area contributed by atoms with Crippen molar-refractivity contribution in [1.29, 1.82) is 0 Å². The van der Waals surface area contributed by atoms with Crippen LogP contribution in [0.5, 0.6) is 0 Å². The molecule has 0 saturated heterocycles. The Hall–Kier alpha value is -6.07. The minimum Gasteiger partial charge on any atom is -0.310 e. The van der Waals surface area contributed by atoms with Crippen LogP contribution in [0.15, 0.2) is 182 Å². The fourth-order valence-electron chi connectivity index (χ4n) is 7.23. The van der Waals surface area contributed by atoms with Gasteiger partial charge in [-0.3, -0.25) is 0 Å². The average Bonchev–Trinajstić information content (AvgIpc) is 3.81. The molecule has 0 amide bonds. The fourth-order valence-corrected chi connectivity index (χ4v) is 9.57. The molecule has 0 unspecified atom stereocenters. The summed E-state index contributed by atoms with van der Waals surface area (Å²) in [5.41, 5.74) is 10.4. The summed E-state index contributed by atoms with van der Waals surface area (Å²) in [6, 6.07) is 65.5. The Bertz CT molecular complexity index is 2830. The first-order chi connectivity index (χ1) is 25.3. The molecule has 0 aliphatic carbocycles. The van der Waals surface area contributed by atoms with Crippen LogP contribution in [0.3, 0.4) is 0 Å². The van der Waals surface area contributed by atoms with E-state index in [1.165, 1.54) is 57.9 Å². The molecule has 0 bridgehead atoms. The van der Waals surface area contributed by atoms with E-state index in [4.69, 9.17) is 4.98 Å². The van der Waals surface area contributed by atoms with Crippen LogP contribution >= 0.6 is 22.7 Å². The Morgan fingerprint density at radius 3 is 1.80 bits per heavy atom. The second-order valence-electron chi connectivity index (χ2n) is 12.8. The van der Waals surface area contributed by atoms with Crippen molar-refractivity contribution in [2.24, 2.45) is 0 Å². The molecule has 2 heterocycles. The maximum atomic E-state index is 5.03. The van der Waals surface area contributed by atoms with Gasteiger partial charge in [0.15, 0.2) is 0 Å². The van der Waals surface area contributed by atoms with Gasteiger partial charge in [0.1, 0.15) is 5.01 Å². The van der Waals surface area contributed by atoms with E-state index < -0.39 is 0 Å². The highest BCUT2D eigenvalue weighted by molar-refractivity contribution is 7.28. The second-order valence-corrected chi connectivity index (χ2v) is 14.9. The fraction of sp³-hybridized carbons (Fsp3) is 0. The number of nitrogens with zero attached hydrogens (tertiary/aromatic N) is 2. The van der Waals surface area contributed by atoms with Crippen LogP contribution in [0.1, 0.15) is 0 Å². The van der Waals surface area contributed by atoms with Crippen LogP contribution in [0.25, 0.3) is 74.0 Å².